The molecular formula is C17H16ClF4NO. The summed E-state index contributed by atoms with van der Waals surface area (Å²) in [4.78, 5) is 12.2. The molecule has 1 rings (SSSR count). The maximum absolute atomic E-state index is 12.9. The molecule has 7 heteroatoms. The molecule has 1 aromatic carbocycles. The van der Waals surface area contributed by atoms with Gasteiger partial charge >= 0.3 is 6.18 Å². The molecule has 0 radical (unpaired) electrons. The van der Waals surface area contributed by atoms with Gasteiger partial charge in [-0.3, -0.25) is 4.79 Å². The molecule has 0 spiro atoms. The van der Waals surface area contributed by atoms with Crippen LogP contribution in [-0.2, 0) is 4.79 Å². The summed E-state index contributed by atoms with van der Waals surface area (Å²) in [6.07, 6.45) is -3.40. The highest BCUT2D eigenvalue weighted by Gasteiger charge is 2.32. The van der Waals surface area contributed by atoms with E-state index in [0.717, 1.165) is 0 Å². The highest BCUT2D eigenvalue weighted by atomic mass is 35.5. The Kier molecular flexibility index (Phi) is 6.78. The zero-order chi connectivity index (χ0) is 18.5. The Morgan fingerprint density at radius 1 is 1.29 bits per heavy atom. The highest BCUT2D eigenvalue weighted by Crippen LogP contribution is 2.28. The van der Waals surface area contributed by atoms with E-state index >= 15 is 0 Å². The van der Waals surface area contributed by atoms with Crippen LogP contribution in [0.1, 0.15) is 25.5 Å². The molecule has 130 valence electrons. The van der Waals surface area contributed by atoms with Gasteiger partial charge in [-0.2, -0.15) is 13.2 Å². The van der Waals surface area contributed by atoms with Crippen molar-refractivity contribution < 1.29 is 22.4 Å². The van der Waals surface area contributed by atoms with Crippen LogP contribution in [0.3, 0.4) is 0 Å². The number of halogens is 5. The van der Waals surface area contributed by atoms with E-state index in [0.29, 0.717) is 17.7 Å². The Balaban J connectivity index is 3.04. The molecule has 0 heterocycles. The fraction of sp³-hybridized carbons (Fsp3) is 0.235. The maximum atomic E-state index is 12.9. The summed E-state index contributed by atoms with van der Waals surface area (Å²) in [6.45, 7) is 6.03. The van der Waals surface area contributed by atoms with Crippen molar-refractivity contribution in [3.05, 3.63) is 70.6 Å². The van der Waals surface area contributed by atoms with E-state index in [1.165, 1.54) is 31.2 Å². The molecule has 0 saturated carbocycles. The number of nitrogens with one attached hydrogen (secondary N) is 1. The Labute approximate surface area is 142 Å². The van der Waals surface area contributed by atoms with E-state index in [1.54, 1.807) is 6.92 Å². The topological polar surface area (TPSA) is 29.1 Å². The second kappa shape index (κ2) is 8.15. The van der Waals surface area contributed by atoms with Crippen molar-refractivity contribution in [2.75, 3.05) is 0 Å². The van der Waals surface area contributed by atoms with E-state index in [1.807, 2.05) is 0 Å². The quantitative estimate of drug-likeness (QED) is 0.436. The Morgan fingerprint density at radius 2 is 1.83 bits per heavy atom. The van der Waals surface area contributed by atoms with E-state index < -0.39 is 29.5 Å². The van der Waals surface area contributed by atoms with Crippen LogP contribution < -0.4 is 5.32 Å². The summed E-state index contributed by atoms with van der Waals surface area (Å²) >= 11 is 5.76. The molecular weight excluding hydrogens is 346 g/mol. The lowest BCUT2D eigenvalue weighted by Crippen LogP contribution is -2.28. The van der Waals surface area contributed by atoms with Gasteiger partial charge in [-0.05, 0) is 37.6 Å². The van der Waals surface area contributed by atoms with Crippen LogP contribution in [0, 0.1) is 5.82 Å². The molecule has 0 aliphatic carbocycles. The number of carbonyl (C=O) groups excluding carboxylic acids is 1. The van der Waals surface area contributed by atoms with Crippen LogP contribution in [0.15, 0.2) is 59.2 Å². The average Bonchev–Trinajstić information content (AvgIpc) is 2.46. The third-order valence-corrected chi connectivity index (χ3v) is 3.38. The molecule has 0 fully saturated rings. The van der Waals surface area contributed by atoms with Crippen molar-refractivity contribution in [3.8, 4) is 0 Å². The summed E-state index contributed by atoms with van der Waals surface area (Å²) < 4.78 is 51.3. The number of amides is 1. The van der Waals surface area contributed by atoms with Crippen LogP contribution in [-0.4, -0.2) is 12.1 Å². The third kappa shape index (κ3) is 5.53. The first-order valence-electron chi connectivity index (χ1n) is 6.90. The molecule has 1 amide bonds. The average molecular weight is 362 g/mol. The SMILES string of the molecule is C=C/C(=C\C(C(=O)NC(C)c1ccc(F)cc1)=C(/C)Cl)C(F)(F)F. The number of alkyl halides is 3. The maximum Gasteiger partial charge on any atom is 0.416 e. The molecule has 0 aromatic heterocycles. The molecule has 1 aromatic rings. The Morgan fingerprint density at radius 3 is 2.25 bits per heavy atom. The number of benzene rings is 1. The van der Waals surface area contributed by atoms with Crippen molar-refractivity contribution in [3.63, 3.8) is 0 Å². The summed E-state index contributed by atoms with van der Waals surface area (Å²) in [5.41, 5.74) is -0.806. The molecule has 0 saturated heterocycles. The van der Waals surface area contributed by atoms with Crippen LogP contribution in [0.25, 0.3) is 0 Å². The smallest absolute Gasteiger partial charge is 0.345 e. The molecule has 0 bridgehead atoms. The number of allylic oxidation sites excluding steroid dienone is 3. The van der Waals surface area contributed by atoms with Crippen LogP contribution in [0.4, 0.5) is 17.6 Å². The van der Waals surface area contributed by atoms with Gasteiger partial charge in [0.2, 0.25) is 0 Å². The van der Waals surface area contributed by atoms with Crippen LogP contribution in [0.5, 0.6) is 0 Å². The highest BCUT2D eigenvalue weighted by molar-refractivity contribution is 6.32. The van der Waals surface area contributed by atoms with E-state index in [4.69, 9.17) is 11.6 Å². The van der Waals surface area contributed by atoms with Gasteiger partial charge in [0.1, 0.15) is 5.82 Å². The third-order valence-electron chi connectivity index (χ3n) is 3.18. The van der Waals surface area contributed by atoms with Crippen molar-refractivity contribution in [1.29, 1.82) is 0 Å². The fourth-order valence-corrected chi connectivity index (χ4v) is 1.98. The Bertz CT molecular complexity index is 671. The molecule has 0 aliphatic heterocycles. The van der Waals surface area contributed by atoms with Gasteiger partial charge in [0.15, 0.2) is 0 Å². The van der Waals surface area contributed by atoms with E-state index in [2.05, 4.69) is 11.9 Å². The van der Waals surface area contributed by atoms with E-state index in [9.17, 15) is 22.4 Å². The first-order chi connectivity index (χ1) is 11.1. The summed E-state index contributed by atoms with van der Waals surface area (Å²) in [5.74, 6) is -1.21. The molecule has 1 atom stereocenters. The van der Waals surface area contributed by atoms with Gasteiger partial charge in [0, 0.05) is 5.03 Å². The molecule has 1 unspecified atom stereocenters. The second-order valence-corrected chi connectivity index (χ2v) is 5.56. The minimum Gasteiger partial charge on any atom is -0.345 e. The molecule has 1 N–H and O–H groups in total. The Hall–Kier alpha value is -2.08. The summed E-state index contributed by atoms with van der Waals surface area (Å²) in [7, 11) is 0. The van der Waals surface area contributed by atoms with Crippen molar-refractivity contribution in [1.82, 2.24) is 5.32 Å². The lowest BCUT2D eigenvalue weighted by Gasteiger charge is -2.16. The van der Waals surface area contributed by atoms with Gasteiger partial charge in [-0.25, -0.2) is 4.39 Å². The summed E-state index contributed by atoms with van der Waals surface area (Å²) in [5, 5.41) is 2.43. The fourth-order valence-electron chi connectivity index (χ4n) is 1.84. The first kappa shape index (κ1) is 20.0. The summed E-state index contributed by atoms with van der Waals surface area (Å²) in [6, 6.07) is 4.84. The number of hydrogen-bond acceptors (Lipinski definition) is 1. The van der Waals surface area contributed by atoms with Gasteiger partial charge in [0.25, 0.3) is 5.91 Å². The van der Waals surface area contributed by atoms with Gasteiger partial charge in [0.05, 0.1) is 17.2 Å². The number of hydrogen-bond donors (Lipinski definition) is 1. The second-order valence-electron chi connectivity index (χ2n) is 5.00. The lowest BCUT2D eigenvalue weighted by atomic mass is 10.1. The normalized spacial score (nSPS) is 14.7. The zero-order valence-corrected chi connectivity index (χ0v) is 13.8. The van der Waals surface area contributed by atoms with E-state index in [-0.39, 0.29) is 10.6 Å². The number of carbonyl (C=O) groups is 1. The molecule has 0 aliphatic rings. The van der Waals surface area contributed by atoms with Crippen molar-refractivity contribution in [2.24, 2.45) is 0 Å². The largest absolute Gasteiger partial charge is 0.416 e. The predicted molar refractivity (Wildman–Crippen MR) is 85.8 cm³/mol. The minimum atomic E-state index is -4.65. The van der Waals surface area contributed by atoms with Crippen LogP contribution >= 0.6 is 11.6 Å². The van der Waals surface area contributed by atoms with Gasteiger partial charge in [-0.15, -0.1) is 0 Å². The minimum absolute atomic E-state index is 0.0950. The van der Waals surface area contributed by atoms with Crippen LogP contribution in [0.2, 0.25) is 0 Å². The van der Waals surface area contributed by atoms with Gasteiger partial charge < -0.3 is 5.32 Å². The lowest BCUT2D eigenvalue weighted by molar-refractivity contribution is -0.117. The molecule has 24 heavy (non-hydrogen) atoms. The zero-order valence-electron chi connectivity index (χ0n) is 13.0. The monoisotopic (exact) mass is 361 g/mol. The predicted octanol–water partition coefficient (Wildman–Crippen LogP) is 5.19. The standard InChI is InChI=1S/C17H16ClF4NO/c1-4-13(17(20,21)22)9-15(10(2)18)16(24)23-11(3)12-5-7-14(19)8-6-12/h4-9,11H,1H2,2-3H3,(H,23,24)/b13-9+,15-10-. The molecule has 2 nitrogen and oxygen atoms in total. The van der Waals surface area contributed by atoms with Gasteiger partial charge in [-0.1, -0.05) is 36.4 Å². The van der Waals surface area contributed by atoms with Crippen molar-refractivity contribution in [2.45, 2.75) is 26.1 Å². The van der Waals surface area contributed by atoms with Crippen molar-refractivity contribution >= 4 is 17.5 Å². The first-order valence-corrected chi connectivity index (χ1v) is 7.28. The number of rotatable bonds is 5.